The molecule has 0 unspecified atom stereocenters. The molecule has 0 spiro atoms. The Morgan fingerprint density at radius 3 is 1.72 bits per heavy atom. The lowest BCUT2D eigenvalue weighted by atomic mass is 9.67. The molecule has 0 saturated heterocycles. The number of benzene rings is 9. The Morgan fingerprint density at radius 1 is 0.400 bits per heavy atom. The van der Waals surface area contributed by atoms with Crippen molar-refractivity contribution >= 4 is 28.4 Å². The number of hydrogen-bond donors (Lipinski definition) is 0. The van der Waals surface area contributed by atoms with Gasteiger partial charge in [-0.15, -0.1) is 0 Å². The summed E-state index contributed by atoms with van der Waals surface area (Å²) in [7, 11) is 0. The first-order valence-electron chi connectivity index (χ1n) is 23.3. The van der Waals surface area contributed by atoms with E-state index in [2.05, 4.69) is 235 Å². The lowest BCUT2D eigenvalue weighted by Gasteiger charge is -2.35. The number of aryl methyl sites for hydroxylation is 1. The van der Waals surface area contributed by atoms with Gasteiger partial charge in [-0.05, 0) is 165 Å². The Labute approximate surface area is 383 Å². The quantitative estimate of drug-likeness (QED) is 0.158. The summed E-state index contributed by atoms with van der Waals surface area (Å²) in [5, 5.41) is 0. The van der Waals surface area contributed by atoms with Crippen molar-refractivity contribution in [3.63, 3.8) is 0 Å². The molecule has 1 aliphatic heterocycles. The molecule has 0 radical (unpaired) electrons. The zero-order chi connectivity index (χ0) is 43.3. The van der Waals surface area contributed by atoms with E-state index in [4.69, 9.17) is 0 Å². The van der Waals surface area contributed by atoms with Crippen molar-refractivity contribution in [1.82, 2.24) is 0 Å². The van der Waals surface area contributed by atoms with Crippen LogP contribution in [0.25, 0.3) is 33.4 Å². The average Bonchev–Trinajstić information content (AvgIpc) is 3.90. The predicted octanol–water partition coefficient (Wildman–Crippen LogP) is 16.5. The van der Waals surface area contributed by atoms with Crippen LogP contribution in [0.3, 0.4) is 0 Å². The zero-order valence-electron chi connectivity index (χ0n) is 36.6. The smallest absolute Gasteiger partial charge is 0.0714 e. The van der Waals surface area contributed by atoms with Gasteiger partial charge in [0.05, 0.1) is 5.41 Å². The minimum atomic E-state index is -0.495. The molecule has 0 bridgehead atoms. The fourth-order valence-corrected chi connectivity index (χ4v) is 11.3. The Morgan fingerprint density at radius 2 is 0.969 bits per heavy atom. The van der Waals surface area contributed by atoms with E-state index < -0.39 is 5.41 Å². The third-order valence-corrected chi connectivity index (χ3v) is 14.3. The normalized spacial score (nSPS) is 14.5. The molecule has 9 aromatic carbocycles. The van der Waals surface area contributed by atoms with Gasteiger partial charge >= 0.3 is 0 Å². The molecule has 312 valence electrons. The van der Waals surface area contributed by atoms with E-state index in [0.29, 0.717) is 0 Å². The molecule has 12 rings (SSSR count). The van der Waals surface area contributed by atoms with Crippen LogP contribution in [0.1, 0.15) is 64.6 Å². The molecule has 0 fully saturated rings. The highest BCUT2D eigenvalue weighted by atomic mass is 15.2. The Bertz CT molecular complexity index is 3180. The molecule has 2 nitrogen and oxygen atoms in total. The van der Waals surface area contributed by atoms with Crippen LogP contribution in [0, 0.1) is 0 Å². The topological polar surface area (TPSA) is 6.48 Å². The zero-order valence-corrected chi connectivity index (χ0v) is 36.6. The molecular formula is C63H50N2. The van der Waals surface area contributed by atoms with Crippen LogP contribution in [-0.2, 0) is 18.3 Å². The predicted molar refractivity (Wildman–Crippen MR) is 272 cm³/mol. The first-order chi connectivity index (χ1) is 32.1. The minimum absolute atomic E-state index is 0.495. The molecule has 2 heteroatoms. The van der Waals surface area contributed by atoms with Crippen molar-refractivity contribution in [1.29, 1.82) is 0 Å². The molecule has 9 aromatic rings. The largest absolute Gasteiger partial charge is 0.315 e. The van der Waals surface area contributed by atoms with Gasteiger partial charge in [-0.3, -0.25) is 0 Å². The fraction of sp³-hybridized carbons (Fsp3) is 0.111. The molecule has 0 aromatic heterocycles. The summed E-state index contributed by atoms with van der Waals surface area (Å²) in [5.74, 6) is 0. The van der Waals surface area contributed by atoms with E-state index in [1.165, 1.54) is 96.5 Å². The minimum Gasteiger partial charge on any atom is -0.315 e. The van der Waals surface area contributed by atoms with Gasteiger partial charge in [0.1, 0.15) is 0 Å². The highest BCUT2D eigenvalue weighted by Gasteiger charge is 2.46. The van der Waals surface area contributed by atoms with Crippen molar-refractivity contribution in [2.75, 3.05) is 9.80 Å². The lowest BCUT2D eigenvalue weighted by Crippen LogP contribution is -2.28. The van der Waals surface area contributed by atoms with Crippen LogP contribution >= 0.6 is 0 Å². The monoisotopic (exact) mass is 834 g/mol. The summed E-state index contributed by atoms with van der Waals surface area (Å²) in [4.78, 5) is 4.87. The van der Waals surface area contributed by atoms with Crippen molar-refractivity contribution < 1.29 is 0 Å². The first-order valence-corrected chi connectivity index (χ1v) is 23.3. The van der Waals surface area contributed by atoms with Gasteiger partial charge in [-0.2, -0.15) is 0 Å². The highest BCUT2D eigenvalue weighted by Crippen LogP contribution is 2.57. The highest BCUT2D eigenvalue weighted by molar-refractivity contribution is 5.90. The lowest BCUT2D eigenvalue weighted by molar-refractivity contribution is 0.681. The van der Waals surface area contributed by atoms with E-state index in [1.807, 2.05) is 0 Å². The first kappa shape index (κ1) is 39.0. The second kappa shape index (κ2) is 16.1. The summed E-state index contributed by atoms with van der Waals surface area (Å²) in [6, 6.07) is 81.5. The number of anilines is 5. The Kier molecular flexibility index (Phi) is 9.68. The summed E-state index contributed by atoms with van der Waals surface area (Å²) in [6.45, 7) is 4.59. The van der Waals surface area contributed by atoms with Gasteiger partial charge in [0, 0.05) is 34.1 Å². The number of hydrogen-bond acceptors (Lipinski definition) is 2. The second-order valence-corrected chi connectivity index (χ2v) is 18.0. The molecule has 2 aliphatic carbocycles. The van der Waals surface area contributed by atoms with Crippen molar-refractivity contribution in [2.24, 2.45) is 0 Å². The number of nitrogens with zero attached hydrogens (tertiary/aromatic N) is 2. The maximum absolute atomic E-state index is 4.59. The summed E-state index contributed by atoms with van der Waals surface area (Å²) in [5.41, 5.74) is 23.5. The number of rotatable bonds is 7. The van der Waals surface area contributed by atoms with Gasteiger partial charge in [0.15, 0.2) is 0 Å². The van der Waals surface area contributed by atoms with Gasteiger partial charge in [0.2, 0.25) is 0 Å². The molecule has 0 N–H and O–H groups in total. The van der Waals surface area contributed by atoms with E-state index in [0.717, 1.165) is 48.4 Å². The molecule has 0 saturated carbocycles. The standard InChI is InChI=1S/C63H50N2/c1-44-18-6-2-7-20-48-40-46(32-39-62(48)64(44)52-25-12-5-13-26-52)45-30-33-53(34-31-45)65(54-35-37-57-49(42-54)41-47-19-14-15-27-56(47)57)55-36-38-59-58-28-16-17-29-60(58)63(61(59)43-55,50-21-8-3-9-22-50)51-23-10-4-11-24-51/h3-5,8-17,19,21-40,42-43H,1-2,6-7,18,20,41H2. The van der Waals surface area contributed by atoms with Crippen LogP contribution in [0.4, 0.5) is 28.4 Å². The van der Waals surface area contributed by atoms with Gasteiger partial charge in [-0.1, -0.05) is 171 Å². The molecule has 0 atom stereocenters. The van der Waals surface area contributed by atoms with E-state index in [1.54, 1.807) is 0 Å². The SMILES string of the molecule is C=C1CCCCCc2cc(-c3ccc(N(c4ccc5c(c4)Cc4ccccc4-5)c4ccc5c(c4)C(c4ccccc4)(c4ccccc4)c4ccccc4-5)cc3)ccc2N1c1ccccc1. The Hall–Kier alpha value is -7.68. The van der Waals surface area contributed by atoms with Gasteiger partial charge in [0.25, 0.3) is 0 Å². The van der Waals surface area contributed by atoms with E-state index >= 15 is 0 Å². The van der Waals surface area contributed by atoms with Crippen LogP contribution < -0.4 is 9.80 Å². The van der Waals surface area contributed by atoms with E-state index in [-0.39, 0.29) is 0 Å². The van der Waals surface area contributed by atoms with Gasteiger partial charge in [-0.25, -0.2) is 0 Å². The number of fused-ring (bicyclic) bond motifs is 7. The maximum atomic E-state index is 4.59. The van der Waals surface area contributed by atoms with Crippen molar-refractivity contribution in [2.45, 2.75) is 43.9 Å². The second-order valence-electron chi connectivity index (χ2n) is 18.0. The fourth-order valence-electron chi connectivity index (χ4n) is 11.3. The van der Waals surface area contributed by atoms with E-state index in [9.17, 15) is 0 Å². The van der Waals surface area contributed by atoms with Crippen LogP contribution in [-0.4, -0.2) is 0 Å². The molecule has 65 heavy (non-hydrogen) atoms. The average molecular weight is 835 g/mol. The van der Waals surface area contributed by atoms with Crippen LogP contribution in [0.5, 0.6) is 0 Å². The Balaban J connectivity index is 1.000. The van der Waals surface area contributed by atoms with Crippen molar-refractivity contribution in [3.8, 4) is 33.4 Å². The molecule has 1 heterocycles. The van der Waals surface area contributed by atoms with Crippen LogP contribution in [0.15, 0.2) is 231 Å². The van der Waals surface area contributed by atoms with Crippen molar-refractivity contribution in [3.05, 3.63) is 270 Å². The summed E-state index contributed by atoms with van der Waals surface area (Å²) < 4.78 is 0. The summed E-state index contributed by atoms with van der Waals surface area (Å²) in [6.07, 6.45) is 6.52. The number of para-hydroxylation sites is 1. The third-order valence-electron chi connectivity index (χ3n) is 14.3. The van der Waals surface area contributed by atoms with Crippen LogP contribution in [0.2, 0.25) is 0 Å². The van der Waals surface area contributed by atoms with Gasteiger partial charge < -0.3 is 9.80 Å². The number of allylic oxidation sites excluding steroid dienone is 1. The maximum Gasteiger partial charge on any atom is 0.0714 e. The summed E-state index contributed by atoms with van der Waals surface area (Å²) >= 11 is 0. The molecular weight excluding hydrogens is 785 g/mol. The third kappa shape index (κ3) is 6.55. The molecule has 3 aliphatic rings. The molecule has 0 amide bonds.